The average Bonchev–Trinajstić information content (AvgIpc) is 2.60. The summed E-state index contributed by atoms with van der Waals surface area (Å²) in [6, 6.07) is 7.82. The van der Waals surface area contributed by atoms with Crippen molar-refractivity contribution in [1.82, 2.24) is 0 Å². The van der Waals surface area contributed by atoms with Crippen LogP contribution in [0.4, 0.5) is 0 Å². The van der Waals surface area contributed by atoms with E-state index in [1.54, 1.807) is 13.2 Å². The van der Waals surface area contributed by atoms with Gasteiger partial charge in [0, 0.05) is 31.1 Å². The van der Waals surface area contributed by atoms with Crippen LogP contribution in [0.2, 0.25) is 0 Å². The van der Waals surface area contributed by atoms with Gasteiger partial charge in [0.1, 0.15) is 17.3 Å². The van der Waals surface area contributed by atoms with Crippen LogP contribution in [-0.2, 0) is 9.59 Å². The van der Waals surface area contributed by atoms with Crippen LogP contribution in [-0.4, -0.2) is 18.7 Å². The van der Waals surface area contributed by atoms with Crippen molar-refractivity contribution in [3.05, 3.63) is 42.5 Å². The Kier molecular flexibility index (Phi) is 6.77. The van der Waals surface area contributed by atoms with Gasteiger partial charge >= 0.3 is 0 Å². The molecule has 2 rings (SSSR count). The van der Waals surface area contributed by atoms with E-state index in [1.165, 1.54) is 0 Å². The third-order valence-electron chi connectivity index (χ3n) is 5.20. The molecule has 1 aromatic rings. The summed E-state index contributed by atoms with van der Waals surface area (Å²) in [4.78, 5) is 25.0. The Labute approximate surface area is 145 Å². The van der Waals surface area contributed by atoms with Gasteiger partial charge in [-0.1, -0.05) is 31.6 Å². The molecule has 24 heavy (non-hydrogen) atoms. The zero-order chi connectivity index (χ0) is 17.5. The number of Topliss-reactive ketones (excluding diaryl/α,β-unsaturated/α-hetero) is 2. The van der Waals surface area contributed by atoms with Gasteiger partial charge in [-0.25, -0.2) is 0 Å². The predicted octanol–water partition coefficient (Wildman–Crippen LogP) is 4.71. The molecular formula is C21H28O3. The fourth-order valence-electron chi connectivity index (χ4n) is 3.95. The van der Waals surface area contributed by atoms with Gasteiger partial charge in [-0.05, 0) is 36.5 Å². The molecule has 1 aliphatic rings. The van der Waals surface area contributed by atoms with Crippen molar-refractivity contribution in [1.29, 1.82) is 0 Å². The molecule has 3 nitrogen and oxygen atoms in total. The molecule has 0 aromatic heterocycles. The minimum Gasteiger partial charge on any atom is -0.497 e. The van der Waals surface area contributed by atoms with E-state index in [-0.39, 0.29) is 17.6 Å². The molecule has 0 spiro atoms. The average molecular weight is 328 g/mol. The van der Waals surface area contributed by atoms with Crippen molar-refractivity contribution in [2.75, 3.05) is 7.11 Å². The number of rotatable bonds is 8. The van der Waals surface area contributed by atoms with Gasteiger partial charge in [-0.15, -0.1) is 6.58 Å². The number of methoxy groups -OCH3 is 1. The Morgan fingerprint density at radius 3 is 2.67 bits per heavy atom. The summed E-state index contributed by atoms with van der Waals surface area (Å²) in [5, 5.41) is 0. The molecule has 0 aliphatic heterocycles. The molecule has 1 fully saturated rings. The molecule has 1 saturated carbocycles. The highest BCUT2D eigenvalue weighted by Gasteiger charge is 2.38. The predicted molar refractivity (Wildman–Crippen MR) is 96.3 cm³/mol. The number of hydrogen-bond acceptors (Lipinski definition) is 3. The normalized spacial score (nSPS) is 22.0. The Morgan fingerprint density at radius 2 is 2.08 bits per heavy atom. The monoisotopic (exact) mass is 328 g/mol. The lowest BCUT2D eigenvalue weighted by Gasteiger charge is -2.36. The molecule has 3 atom stereocenters. The Balaban J connectivity index is 2.34. The zero-order valence-corrected chi connectivity index (χ0v) is 14.8. The van der Waals surface area contributed by atoms with Crippen LogP contribution in [0.3, 0.4) is 0 Å². The molecule has 0 bridgehead atoms. The van der Waals surface area contributed by atoms with Crippen molar-refractivity contribution in [3.63, 3.8) is 0 Å². The third kappa shape index (κ3) is 4.34. The lowest BCUT2D eigenvalue weighted by atomic mass is 9.67. The summed E-state index contributed by atoms with van der Waals surface area (Å²) >= 11 is 0. The highest BCUT2D eigenvalue weighted by atomic mass is 16.5. The fourth-order valence-corrected chi connectivity index (χ4v) is 3.95. The summed E-state index contributed by atoms with van der Waals surface area (Å²) in [5.74, 6) is 1.54. The van der Waals surface area contributed by atoms with Gasteiger partial charge in [0.25, 0.3) is 0 Å². The van der Waals surface area contributed by atoms with E-state index < -0.39 is 0 Å². The SMILES string of the molecule is C=CCC(=O)C[C@@H](c1ccc(OC)cc1)[C@H]1C(=O)CCC[C@@H]1CC. The van der Waals surface area contributed by atoms with E-state index in [2.05, 4.69) is 13.5 Å². The van der Waals surface area contributed by atoms with Gasteiger partial charge in [-0.3, -0.25) is 9.59 Å². The molecule has 3 heteroatoms. The zero-order valence-electron chi connectivity index (χ0n) is 14.8. The van der Waals surface area contributed by atoms with E-state index >= 15 is 0 Å². The van der Waals surface area contributed by atoms with E-state index in [9.17, 15) is 9.59 Å². The molecule has 0 radical (unpaired) electrons. The minimum atomic E-state index is -0.0501. The number of ether oxygens (including phenoxy) is 1. The lowest BCUT2D eigenvalue weighted by Crippen LogP contribution is -2.34. The van der Waals surface area contributed by atoms with Gasteiger partial charge in [0.15, 0.2) is 0 Å². The summed E-state index contributed by atoms with van der Waals surface area (Å²) < 4.78 is 5.23. The molecule has 0 saturated heterocycles. The molecule has 0 amide bonds. The first-order valence-electron chi connectivity index (χ1n) is 8.90. The Hall–Kier alpha value is -1.90. The number of carbonyl (C=O) groups excluding carboxylic acids is 2. The molecule has 0 unspecified atom stereocenters. The molecular weight excluding hydrogens is 300 g/mol. The van der Waals surface area contributed by atoms with Crippen LogP contribution in [0.1, 0.15) is 56.9 Å². The van der Waals surface area contributed by atoms with Crippen LogP contribution in [0.5, 0.6) is 5.75 Å². The maximum Gasteiger partial charge on any atom is 0.137 e. The smallest absolute Gasteiger partial charge is 0.137 e. The van der Waals surface area contributed by atoms with Crippen molar-refractivity contribution < 1.29 is 14.3 Å². The highest BCUT2D eigenvalue weighted by molar-refractivity contribution is 5.86. The number of ketones is 2. The molecule has 0 N–H and O–H groups in total. The Bertz CT molecular complexity index is 573. The van der Waals surface area contributed by atoms with Crippen LogP contribution < -0.4 is 4.74 Å². The quantitative estimate of drug-likeness (QED) is 0.649. The van der Waals surface area contributed by atoms with Crippen LogP contribution in [0, 0.1) is 11.8 Å². The lowest BCUT2D eigenvalue weighted by molar-refractivity contribution is -0.128. The van der Waals surface area contributed by atoms with E-state index in [0.717, 1.165) is 30.6 Å². The first kappa shape index (κ1) is 18.4. The second kappa shape index (κ2) is 8.81. The maximum absolute atomic E-state index is 12.7. The summed E-state index contributed by atoms with van der Waals surface area (Å²) in [6.07, 6.45) is 6.10. The number of carbonyl (C=O) groups is 2. The Morgan fingerprint density at radius 1 is 1.38 bits per heavy atom. The van der Waals surface area contributed by atoms with Crippen molar-refractivity contribution >= 4 is 11.6 Å². The van der Waals surface area contributed by atoms with Crippen molar-refractivity contribution in [2.24, 2.45) is 11.8 Å². The van der Waals surface area contributed by atoms with Crippen molar-refractivity contribution in [2.45, 2.75) is 51.4 Å². The molecule has 1 aromatic carbocycles. The van der Waals surface area contributed by atoms with Crippen LogP contribution in [0.25, 0.3) is 0 Å². The van der Waals surface area contributed by atoms with Crippen molar-refractivity contribution in [3.8, 4) is 5.75 Å². The second-order valence-electron chi connectivity index (χ2n) is 6.67. The number of hydrogen-bond donors (Lipinski definition) is 0. The van der Waals surface area contributed by atoms with Crippen LogP contribution in [0.15, 0.2) is 36.9 Å². The first-order chi connectivity index (χ1) is 11.6. The largest absolute Gasteiger partial charge is 0.497 e. The van der Waals surface area contributed by atoms with E-state index in [4.69, 9.17) is 4.74 Å². The molecule has 130 valence electrons. The van der Waals surface area contributed by atoms with E-state index in [0.29, 0.717) is 31.0 Å². The van der Waals surface area contributed by atoms with Gasteiger partial charge in [-0.2, -0.15) is 0 Å². The van der Waals surface area contributed by atoms with Crippen LogP contribution >= 0.6 is 0 Å². The summed E-state index contributed by atoms with van der Waals surface area (Å²) in [6.45, 7) is 5.80. The summed E-state index contributed by atoms with van der Waals surface area (Å²) in [5.41, 5.74) is 1.06. The standard InChI is InChI=1S/C21H28O3/c1-4-7-17(22)14-19(16-10-12-18(24-3)13-11-16)21-15(5-2)8-6-9-20(21)23/h4,10-13,15,19,21H,1,5-9,14H2,2-3H3/t15-,19-,21-/m0/s1. The van der Waals surface area contributed by atoms with E-state index in [1.807, 2.05) is 24.3 Å². The summed E-state index contributed by atoms with van der Waals surface area (Å²) in [7, 11) is 1.64. The topological polar surface area (TPSA) is 43.4 Å². The number of benzene rings is 1. The maximum atomic E-state index is 12.7. The van der Waals surface area contributed by atoms with Gasteiger partial charge in [0.05, 0.1) is 7.11 Å². The van der Waals surface area contributed by atoms with Gasteiger partial charge < -0.3 is 4.74 Å². The second-order valence-corrected chi connectivity index (χ2v) is 6.67. The fraction of sp³-hybridized carbons (Fsp3) is 0.524. The first-order valence-corrected chi connectivity index (χ1v) is 8.90. The van der Waals surface area contributed by atoms with Gasteiger partial charge in [0.2, 0.25) is 0 Å². The molecule has 1 aliphatic carbocycles. The number of allylic oxidation sites excluding steroid dienone is 1. The third-order valence-corrected chi connectivity index (χ3v) is 5.20. The minimum absolute atomic E-state index is 0.0406. The molecule has 0 heterocycles. The highest BCUT2D eigenvalue weighted by Crippen LogP contribution is 2.42.